The first kappa shape index (κ1) is 19.8. The van der Waals surface area contributed by atoms with Gasteiger partial charge in [-0.15, -0.1) is 10.2 Å². The lowest BCUT2D eigenvalue weighted by atomic mass is 10.2. The molecule has 10 heteroatoms. The highest BCUT2D eigenvalue weighted by Crippen LogP contribution is 2.22. The standard InChI is InChI=1S/C18H18N4O4S2/c1-2-26-18(23)19-14-8-10-15(11-9-14)28(24,25)22-17-21-20-16(27-17)12-13-6-4-3-5-7-13/h3-11H,2,12H2,1H3,(H,19,23)(H,21,22). The van der Waals surface area contributed by atoms with Crippen molar-refractivity contribution in [1.82, 2.24) is 10.2 Å². The van der Waals surface area contributed by atoms with Gasteiger partial charge in [0.15, 0.2) is 0 Å². The average molecular weight is 419 g/mol. The molecule has 0 atom stereocenters. The van der Waals surface area contributed by atoms with E-state index in [1.54, 1.807) is 6.92 Å². The molecule has 0 saturated heterocycles. The maximum absolute atomic E-state index is 12.5. The van der Waals surface area contributed by atoms with Crippen molar-refractivity contribution in [3.05, 3.63) is 65.2 Å². The molecular formula is C18H18N4O4S2. The molecule has 0 aliphatic rings. The Kier molecular flexibility index (Phi) is 6.22. The van der Waals surface area contributed by atoms with Crippen LogP contribution >= 0.6 is 11.3 Å². The summed E-state index contributed by atoms with van der Waals surface area (Å²) in [5.41, 5.74) is 1.50. The van der Waals surface area contributed by atoms with Gasteiger partial charge in [-0.1, -0.05) is 41.7 Å². The van der Waals surface area contributed by atoms with Crippen molar-refractivity contribution in [1.29, 1.82) is 0 Å². The molecule has 3 aromatic rings. The first-order valence-corrected chi connectivity index (χ1v) is 10.7. The molecule has 0 aliphatic carbocycles. The summed E-state index contributed by atoms with van der Waals surface area (Å²) in [5.74, 6) is 0. The fraction of sp³-hybridized carbons (Fsp3) is 0.167. The number of rotatable bonds is 7. The summed E-state index contributed by atoms with van der Waals surface area (Å²) in [6.07, 6.45) is -0.0231. The molecule has 0 bridgehead atoms. The Bertz CT molecular complexity index is 1030. The minimum absolute atomic E-state index is 0.0433. The Morgan fingerprint density at radius 1 is 1.07 bits per heavy atom. The van der Waals surface area contributed by atoms with E-state index in [9.17, 15) is 13.2 Å². The summed E-state index contributed by atoms with van der Waals surface area (Å²) in [4.78, 5) is 11.4. The Hall–Kier alpha value is -2.98. The van der Waals surface area contributed by atoms with E-state index >= 15 is 0 Å². The van der Waals surface area contributed by atoms with Gasteiger partial charge in [0.1, 0.15) is 5.01 Å². The number of amides is 1. The van der Waals surface area contributed by atoms with Crippen LogP contribution in [0.25, 0.3) is 0 Å². The number of carbonyl (C=O) groups excluding carboxylic acids is 1. The Labute approximate surface area is 166 Å². The van der Waals surface area contributed by atoms with Crippen molar-refractivity contribution in [2.45, 2.75) is 18.2 Å². The van der Waals surface area contributed by atoms with Crippen molar-refractivity contribution in [3.8, 4) is 0 Å². The van der Waals surface area contributed by atoms with Gasteiger partial charge in [0.05, 0.1) is 11.5 Å². The van der Waals surface area contributed by atoms with Crippen molar-refractivity contribution < 1.29 is 17.9 Å². The zero-order chi connectivity index (χ0) is 20.0. The normalized spacial score (nSPS) is 11.0. The van der Waals surface area contributed by atoms with E-state index in [1.165, 1.54) is 35.6 Å². The van der Waals surface area contributed by atoms with E-state index in [-0.39, 0.29) is 16.6 Å². The second-order valence-corrected chi connectivity index (χ2v) is 8.38. The Morgan fingerprint density at radius 2 is 1.79 bits per heavy atom. The van der Waals surface area contributed by atoms with Crippen molar-refractivity contribution in [2.24, 2.45) is 0 Å². The van der Waals surface area contributed by atoms with E-state index in [4.69, 9.17) is 4.74 Å². The van der Waals surface area contributed by atoms with Crippen LogP contribution in [-0.4, -0.2) is 31.3 Å². The molecule has 1 heterocycles. The number of aromatic nitrogens is 2. The minimum atomic E-state index is -3.81. The van der Waals surface area contributed by atoms with E-state index in [2.05, 4.69) is 20.2 Å². The number of ether oxygens (including phenoxy) is 1. The first-order chi connectivity index (χ1) is 13.5. The second-order valence-electron chi connectivity index (χ2n) is 5.64. The molecule has 0 spiro atoms. The van der Waals surface area contributed by atoms with E-state index in [1.807, 2.05) is 30.3 Å². The molecular weight excluding hydrogens is 400 g/mol. The van der Waals surface area contributed by atoms with Gasteiger partial charge in [-0.25, -0.2) is 13.2 Å². The zero-order valence-corrected chi connectivity index (χ0v) is 16.6. The maximum Gasteiger partial charge on any atom is 0.411 e. The molecule has 8 nitrogen and oxygen atoms in total. The number of hydrogen-bond acceptors (Lipinski definition) is 7. The van der Waals surface area contributed by atoms with Crippen LogP contribution in [0, 0.1) is 0 Å². The monoisotopic (exact) mass is 418 g/mol. The summed E-state index contributed by atoms with van der Waals surface area (Å²) in [7, 11) is -3.81. The molecule has 2 N–H and O–H groups in total. The summed E-state index contributed by atoms with van der Waals surface area (Å²) >= 11 is 1.18. The molecule has 2 aromatic carbocycles. The number of nitrogens with zero attached hydrogens (tertiary/aromatic N) is 2. The molecule has 3 rings (SSSR count). The third kappa shape index (κ3) is 5.27. The zero-order valence-electron chi connectivity index (χ0n) is 15.0. The second kappa shape index (κ2) is 8.81. The lowest BCUT2D eigenvalue weighted by Gasteiger charge is -2.07. The predicted octanol–water partition coefficient (Wildman–Crippen LogP) is 3.50. The third-order valence-electron chi connectivity index (χ3n) is 3.57. The van der Waals surface area contributed by atoms with Crippen LogP contribution in [0.15, 0.2) is 59.5 Å². The van der Waals surface area contributed by atoms with Gasteiger partial charge in [0.25, 0.3) is 10.0 Å². The van der Waals surface area contributed by atoms with Crippen LogP contribution in [0.5, 0.6) is 0 Å². The fourth-order valence-electron chi connectivity index (χ4n) is 2.31. The number of benzene rings is 2. The van der Waals surface area contributed by atoms with Gasteiger partial charge in [-0.05, 0) is 36.8 Å². The number of carbonyl (C=O) groups is 1. The Balaban J connectivity index is 1.66. The summed E-state index contributed by atoms with van der Waals surface area (Å²) in [5, 5.41) is 11.3. The van der Waals surface area contributed by atoms with Crippen LogP contribution in [0.1, 0.15) is 17.5 Å². The first-order valence-electron chi connectivity index (χ1n) is 8.39. The molecule has 0 aliphatic heterocycles. The number of hydrogen-bond donors (Lipinski definition) is 2. The van der Waals surface area contributed by atoms with Gasteiger partial charge in [-0.2, -0.15) is 0 Å². The van der Waals surface area contributed by atoms with Gasteiger partial charge < -0.3 is 4.74 Å². The molecule has 1 aromatic heterocycles. The SMILES string of the molecule is CCOC(=O)Nc1ccc(S(=O)(=O)Nc2nnc(Cc3ccccc3)s2)cc1. The average Bonchev–Trinajstić information content (AvgIpc) is 3.09. The van der Waals surface area contributed by atoms with Crippen LogP contribution in [0.3, 0.4) is 0 Å². The van der Waals surface area contributed by atoms with Crippen molar-refractivity contribution in [2.75, 3.05) is 16.6 Å². The van der Waals surface area contributed by atoms with Crippen molar-refractivity contribution >= 4 is 38.3 Å². The summed E-state index contributed by atoms with van der Waals surface area (Å²) < 4.78 is 32.2. The largest absolute Gasteiger partial charge is 0.450 e. The van der Waals surface area contributed by atoms with E-state index in [0.29, 0.717) is 17.1 Å². The molecule has 0 saturated carbocycles. The highest BCUT2D eigenvalue weighted by molar-refractivity contribution is 7.93. The predicted molar refractivity (Wildman–Crippen MR) is 107 cm³/mol. The quantitative estimate of drug-likeness (QED) is 0.608. The molecule has 28 heavy (non-hydrogen) atoms. The number of anilines is 2. The van der Waals surface area contributed by atoms with Crippen molar-refractivity contribution in [3.63, 3.8) is 0 Å². The summed E-state index contributed by atoms with van der Waals surface area (Å²) in [6.45, 7) is 1.94. The van der Waals surface area contributed by atoms with Crippen LogP contribution in [-0.2, 0) is 21.2 Å². The summed E-state index contributed by atoms with van der Waals surface area (Å²) in [6, 6.07) is 15.5. The third-order valence-corrected chi connectivity index (χ3v) is 5.90. The number of sulfonamides is 1. The van der Waals surface area contributed by atoms with Gasteiger partial charge in [0, 0.05) is 12.1 Å². The molecule has 0 radical (unpaired) electrons. The van der Waals surface area contributed by atoms with E-state index < -0.39 is 16.1 Å². The van der Waals surface area contributed by atoms with Crippen LogP contribution < -0.4 is 10.0 Å². The van der Waals surface area contributed by atoms with Crippen LogP contribution in [0.4, 0.5) is 15.6 Å². The lowest BCUT2D eigenvalue weighted by molar-refractivity contribution is 0.168. The number of nitrogens with one attached hydrogen (secondary N) is 2. The van der Waals surface area contributed by atoms with Crippen LogP contribution in [0.2, 0.25) is 0 Å². The molecule has 146 valence electrons. The molecule has 0 unspecified atom stereocenters. The van der Waals surface area contributed by atoms with Gasteiger partial charge >= 0.3 is 6.09 Å². The fourth-order valence-corrected chi connectivity index (χ4v) is 4.32. The van der Waals surface area contributed by atoms with Gasteiger partial charge in [-0.3, -0.25) is 10.0 Å². The Morgan fingerprint density at radius 3 is 2.46 bits per heavy atom. The smallest absolute Gasteiger partial charge is 0.411 e. The molecule has 0 fully saturated rings. The molecule has 1 amide bonds. The van der Waals surface area contributed by atoms with E-state index in [0.717, 1.165) is 5.56 Å². The topological polar surface area (TPSA) is 110 Å². The minimum Gasteiger partial charge on any atom is -0.450 e. The lowest BCUT2D eigenvalue weighted by Crippen LogP contribution is -2.14. The highest BCUT2D eigenvalue weighted by atomic mass is 32.2. The maximum atomic E-state index is 12.5. The highest BCUT2D eigenvalue weighted by Gasteiger charge is 2.17. The van der Waals surface area contributed by atoms with Gasteiger partial charge in [0.2, 0.25) is 5.13 Å².